The van der Waals surface area contributed by atoms with Crippen molar-refractivity contribution < 1.29 is 8.91 Å². The number of rotatable bonds is 2. The van der Waals surface area contributed by atoms with E-state index in [1.54, 1.807) is 19.1 Å². The van der Waals surface area contributed by atoms with Crippen LogP contribution in [0.25, 0.3) is 0 Å². The van der Waals surface area contributed by atoms with Crippen LogP contribution < -0.4 is 5.73 Å². The SMILES string of the molecule is Cc1ccc(C(N)c2noc(C(C)(C)C)n2)cc1F. The van der Waals surface area contributed by atoms with Crippen LogP contribution >= 0.6 is 0 Å². The first-order valence-corrected chi connectivity index (χ1v) is 6.15. The molecule has 0 aliphatic heterocycles. The molecule has 0 amide bonds. The molecule has 0 bridgehead atoms. The summed E-state index contributed by atoms with van der Waals surface area (Å²) in [5, 5.41) is 3.88. The van der Waals surface area contributed by atoms with Crippen molar-refractivity contribution >= 4 is 0 Å². The van der Waals surface area contributed by atoms with Crippen molar-refractivity contribution in [3.63, 3.8) is 0 Å². The molecule has 2 N–H and O–H groups in total. The Morgan fingerprint density at radius 3 is 2.53 bits per heavy atom. The molecular weight excluding hydrogens is 245 g/mol. The van der Waals surface area contributed by atoms with Gasteiger partial charge in [0.25, 0.3) is 0 Å². The highest BCUT2D eigenvalue weighted by atomic mass is 19.1. The number of benzene rings is 1. The molecule has 0 radical (unpaired) electrons. The van der Waals surface area contributed by atoms with Gasteiger partial charge in [0.05, 0.1) is 6.04 Å². The number of nitrogens with two attached hydrogens (primary N) is 1. The van der Waals surface area contributed by atoms with E-state index >= 15 is 0 Å². The molecule has 0 fully saturated rings. The standard InChI is InChI=1S/C14H18FN3O/c1-8-5-6-9(7-10(8)15)11(16)12-17-13(19-18-12)14(2,3)4/h5-7,11H,16H2,1-4H3. The molecule has 4 nitrogen and oxygen atoms in total. The topological polar surface area (TPSA) is 64.9 Å². The molecule has 1 aromatic carbocycles. The van der Waals surface area contributed by atoms with Gasteiger partial charge in [0.15, 0.2) is 5.82 Å². The lowest BCUT2D eigenvalue weighted by molar-refractivity contribution is 0.317. The third-order valence-electron chi connectivity index (χ3n) is 2.92. The maximum absolute atomic E-state index is 13.5. The molecule has 0 saturated carbocycles. The Morgan fingerprint density at radius 1 is 1.32 bits per heavy atom. The van der Waals surface area contributed by atoms with Gasteiger partial charge in [-0.25, -0.2) is 4.39 Å². The highest BCUT2D eigenvalue weighted by Crippen LogP contribution is 2.24. The summed E-state index contributed by atoms with van der Waals surface area (Å²) in [6.45, 7) is 7.63. The monoisotopic (exact) mass is 263 g/mol. The quantitative estimate of drug-likeness (QED) is 0.904. The maximum Gasteiger partial charge on any atom is 0.232 e. The lowest BCUT2D eigenvalue weighted by Crippen LogP contribution is -2.16. The third kappa shape index (κ3) is 2.81. The molecule has 0 aliphatic carbocycles. The molecule has 19 heavy (non-hydrogen) atoms. The van der Waals surface area contributed by atoms with E-state index in [4.69, 9.17) is 10.3 Å². The summed E-state index contributed by atoms with van der Waals surface area (Å²) in [5.41, 5.74) is 7.02. The van der Waals surface area contributed by atoms with Crippen LogP contribution in [0.15, 0.2) is 22.7 Å². The summed E-state index contributed by atoms with van der Waals surface area (Å²) in [6, 6.07) is 4.29. The molecule has 5 heteroatoms. The van der Waals surface area contributed by atoms with Crippen molar-refractivity contribution in [3.8, 4) is 0 Å². The summed E-state index contributed by atoms with van der Waals surface area (Å²) in [6.07, 6.45) is 0. The molecule has 1 aromatic heterocycles. The van der Waals surface area contributed by atoms with Crippen LogP contribution in [-0.2, 0) is 5.41 Å². The average molecular weight is 263 g/mol. The van der Waals surface area contributed by atoms with E-state index in [0.717, 1.165) is 0 Å². The van der Waals surface area contributed by atoms with E-state index in [2.05, 4.69) is 10.1 Å². The number of aryl methyl sites for hydroxylation is 1. The minimum absolute atomic E-state index is 0.233. The summed E-state index contributed by atoms with van der Waals surface area (Å²) < 4.78 is 18.7. The maximum atomic E-state index is 13.5. The van der Waals surface area contributed by atoms with Crippen molar-refractivity contribution in [2.75, 3.05) is 0 Å². The van der Waals surface area contributed by atoms with Crippen LogP contribution in [0, 0.1) is 12.7 Å². The van der Waals surface area contributed by atoms with Crippen molar-refractivity contribution in [2.45, 2.75) is 39.2 Å². The van der Waals surface area contributed by atoms with E-state index in [0.29, 0.717) is 22.8 Å². The third-order valence-corrected chi connectivity index (χ3v) is 2.92. The first-order chi connectivity index (χ1) is 8.79. The van der Waals surface area contributed by atoms with Crippen LogP contribution in [0.2, 0.25) is 0 Å². The van der Waals surface area contributed by atoms with E-state index in [1.807, 2.05) is 20.8 Å². The molecule has 1 atom stereocenters. The molecule has 102 valence electrons. The van der Waals surface area contributed by atoms with Gasteiger partial charge in [-0.05, 0) is 24.1 Å². The predicted octanol–water partition coefficient (Wildman–Crippen LogP) is 2.86. The van der Waals surface area contributed by atoms with Crippen molar-refractivity contribution in [1.29, 1.82) is 0 Å². The summed E-state index contributed by atoms with van der Waals surface area (Å²) in [5.74, 6) is 0.603. The Morgan fingerprint density at radius 2 is 2.00 bits per heavy atom. The summed E-state index contributed by atoms with van der Waals surface area (Å²) in [4.78, 5) is 4.28. The minimum atomic E-state index is -0.588. The van der Waals surface area contributed by atoms with Gasteiger partial charge in [-0.3, -0.25) is 0 Å². The Bertz CT molecular complexity index is 587. The molecular formula is C14H18FN3O. The fraction of sp³-hybridized carbons (Fsp3) is 0.429. The Balaban J connectivity index is 2.31. The molecule has 1 heterocycles. The van der Waals surface area contributed by atoms with E-state index in [-0.39, 0.29) is 11.2 Å². The van der Waals surface area contributed by atoms with Crippen molar-refractivity contribution in [1.82, 2.24) is 10.1 Å². The van der Waals surface area contributed by atoms with Gasteiger partial charge in [-0.1, -0.05) is 38.1 Å². The van der Waals surface area contributed by atoms with E-state index in [9.17, 15) is 4.39 Å². The van der Waals surface area contributed by atoms with Crippen LogP contribution in [0.3, 0.4) is 0 Å². The molecule has 1 unspecified atom stereocenters. The number of hydrogen-bond donors (Lipinski definition) is 1. The van der Waals surface area contributed by atoms with Gasteiger partial charge in [0, 0.05) is 5.41 Å². The second-order valence-electron chi connectivity index (χ2n) is 5.69. The van der Waals surface area contributed by atoms with Gasteiger partial charge >= 0.3 is 0 Å². The van der Waals surface area contributed by atoms with E-state index < -0.39 is 6.04 Å². The van der Waals surface area contributed by atoms with Crippen LogP contribution in [-0.4, -0.2) is 10.1 Å². The average Bonchev–Trinajstić information content (AvgIpc) is 2.81. The van der Waals surface area contributed by atoms with Gasteiger partial charge < -0.3 is 10.3 Å². The zero-order valence-electron chi connectivity index (χ0n) is 11.6. The fourth-order valence-corrected chi connectivity index (χ4v) is 1.62. The number of hydrogen-bond acceptors (Lipinski definition) is 4. The summed E-state index contributed by atoms with van der Waals surface area (Å²) in [7, 11) is 0. The van der Waals surface area contributed by atoms with Gasteiger partial charge in [-0.15, -0.1) is 0 Å². The molecule has 2 rings (SSSR count). The molecule has 0 spiro atoms. The lowest BCUT2D eigenvalue weighted by Gasteiger charge is -2.11. The van der Waals surface area contributed by atoms with Gasteiger partial charge in [0.2, 0.25) is 5.89 Å². The van der Waals surface area contributed by atoms with Crippen LogP contribution in [0.1, 0.15) is 49.7 Å². The Labute approximate surface area is 111 Å². The summed E-state index contributed by atoms with van der Waals surface area (Å²) >= 11 is 0. The van der Waals surface area contributed by atoms with Crippen LogP contribution in [0.4, 0.5) is 4.39 Å². The number of halogens is 1. The lowest BCUT2D eigenvalue weighted by atomic mass is 9.97. The Kier molecular flexibility index (Phi) is 3.41. The highest BCUT2D eigenvalue weighted by molar-refractivity contribution is 5.28. The first kappa shape index (κ1) is 13.7. The number of nitrogens with zero attached hydrogens (tertiary/aromatic N) is 2. The smallest absolute Gasteiger partial charge is 0.232 e. The van der Waals surface area contributed by atoms with Crippen LogP contribution in [0.5, 0.6) is 0 Å². The first-order valence-electron chi connectivity index (χ1n) is 6.15. The fourth-order valence-electron chi connectivity index (χ4n) is 1.62. The van der Waals surface area contributed by atoms with Gasteiger partial charge in [-0.2, -0.15) is 4.98 Å². The van der Waals surface area contributed by atoms with Crippen molar-refractivity contribution in [2.24, 2.45) is 5.73 Å². The zero-order chi connectivity index (χ0) is 14.2. The molecule has 2 aromatic rings. The highest BCUT2D eigenvalue weighted by Gasteiger charge is 2.24. The number of aromatic nitrogens is 2. The molecule has 0 saturated heterocycles. The minimum Gasteiger partial charge on any atom is -0.339 e. The zero-order valence-corrected chi connectivity index (χ0v) is 11.6. The second-order valence-corrected chi connectivity index (χ2v) is 5.69. The molecule has 0 aliphatic rings. The van der Waals surface area contributed by atoms with Crippen molar-refractivity contribution in [3.05, 3.63) is 46.9 Å². The normalized spacial score (nSPS) is 13.6. The predicted molar refractivity (Wildman–Crippen MR) is 70.2 cm³/mol. The van der Waals surface area contributed by atoms with Gasteiger partial charge in [0.1, 0.15) is 5.82 Å². The Hall–Kier alpha value is -1.75. The van der Waals surface area contributed by atoms with E-state index in [1.165, 1.54) is 6.07 Å². The largest absolute Gasteiger partial charge is 0.339 e. The second kappa shape index (κ2) is 4.74.